The van der Waals surface area contributed by atoms with Crippen molar-refractivity contribution in [3.05, 3.63) is 457 Å². The van der Waals surface area contributed by atoms with Gasteiger partial charge in [0.15, 0.2) is 0 Å². The van der Waals surface area contributed by atoms with Crippen LogP contribution in [-0.4, -0.2) is 95.5 Å². The average molecular weight is 1640 g/mol. The van der Waals surface area contributed by atoms with Crippen LogP contribution >= 0.6 is 0 Å². The molecule has 124 heavy (non-hydrogen) atoms. The Morgan fingerprint density at radius 1 is 0.387 bits per heavy atom. The summed E-state index contributed by atoms with van der Waals surface area (Å²) in [6.45, 7) is 2.86. The van der Waals surface area contributed by atoms with Gasteiger partial charge in [0.25, 0.3) is 5.69 Å². The van der Waals surface area contributed by atoms with Crippen molar-refractivity contribution in [3.63, 3.8) is 0 Å². The first-order chi connectivity index (χ1) is 60.7. The maximum Gasteiger partial charge on any atom is 0.416 e. The van der Waals surface area contributed by atoms with Gasteiger partial charge in [0.1, 0.15) is 5.75 Å². The van der Waals surface area contributed by atoms with E-state index in [1.165, 1.54) is 96.5 Å². The molecule has 15 nitrogen and oxygen atoms in total. The number of aromatic nitrogens is 4. The average Bonchev–Trinajstić information content (AvgIpc) is 1.59. The molecule has 4 atom stereocenters. The standard InChI is InChI=1S/C27H21F3N2O.C27H26N2O.C26H21N3O3.C26H22N2O/c28-27(29,30)20-13-10-18(11-14-20)12-15-24(33)32-17-16-22-21-8-4-5-9-23(21)31-25(22)26(32)19-6-2-1-3-7-19;1-30-22-15-13-20(14-16-22)8-7-18-29-19-17-24-23-11-5-6-12-25(23)28-26(24)27(29)21-9-3-2-4-10-21;30-24(15-12-18-10-13-20(14-11-18)29(31)32)28-17-16-22-21-8-4-5-9-23(21)27-25(22)26(28)19-6-2-1-3-7-19;29-24(16-15-19-9-3-1-4-10-19)28-18-17-22-21-13-7-8-14-23(21)27-25(22)26(28)20-11-5-2-6-12-20/h1-15,26,31H,16-17H2;2-7,9-16,18,27-28H,8,17,19H2,1H3;1-15,26-27H,16-17H2;1-16,26-27H,17-18H2/b15-12+;18-7+;15-12+;16-15+. The second-order valence-corrected chi connectivity index (χ2v) is 31.2. The summed E-state index contributed by atoms with van der Waals surface area (Å²) >= 11 is 0. The number of hydrogen-bond donors (Lipinski definition) is 4. The number of para-hydroxylation sites is 4. The van der Waals surface area contributed by atoms with Gasteiger partial charge in [-0.25, -0.2) is 0 Å². The number of H-pyrrole nitrogens is 4. The van der Waals surface area contributed by atoms with Gasteiger partial charge >= 0.3 is 6.18 Å². The molecule has 0 saturated carbocycles. The lowest BCUT2D eigenvalue weighted by atomic mass is 9.92. The van der Waals surface area contributed by atoms with Gasteiger partial charge in [-0.1, -0.05) is 255 Å². The van der Waals surface area contributed by atoms with Crippen molar-refractivity contribution in [2.75, 3.05) is 33.3 Å². The Bertz CT molecular complexity index is 6580. The van der Waals surface area contributed by atoms with E-state index in [0.717, 1.165) is 118 Å². The smallest absolute Gasteiger partial charge is 0.416 e. The number of halogens is 3. The molecule has 8 heterocycles. The number of non-ortho nitro benzene ring substituents is 1. The summed E-state index contributed by atoms with van der Waals surface area (Å²) in [5.74, 6) is 0.649. The molecule has 0 radical (unpaired) electrons. The van der Waals surface area contributed by atoms with E-state index >= 15 is 0 Å². The highest BCUT2D eigenvalue weighted by molar-refractivity contribution is 5.96. The zero-order valence-corrected chi connectivity index (χ0v) is 68.2. The van der Waals surface area contributed by atoms with Crippen LogP contribution in [-0.2, 0) is 52.7 Å². The first kappa shape index (κ1) is 81.3. The van der Waals surface area contributed by atoms with E-state index in [1.807, 2.05) is 179 Å². The Balaban J connectivity index is 0.000000117. The number of ether oxygens (including phenoxy) is 1. The summed E-state index contributed by atoms with van der Waals surface area (Å²) in [5, 5.41) is 15.8. The van der Waals surface area contributed by atoms with Gasteiger partial charge in [0.2, 0.25) is 17.7 Å². The number of benzene rings is 12. The Kier molecular flexibility index (Phi) is 24.2. The molecule has 4 unspecified atom stereocenters. The Morgan fingerprint density at radius 3 is 1.04 bits per heavy atom. The normalized spacial score (nSPS) is 16.1. The topological polar surface area (TPSA) is 180 Å². The first-order valence-electron chi connectivity index (χ1n) is 41.7. The summed E-state index contributed by atoms with van der Waals surface area (Å²) in [4.78, 5) is 72.7. The molecule has 20 rings (SSSR count). The highest BCUT2D eigenvalue weighted by atomic mass is 19.4. The molecule has 4 N–H and O–H groups in total. The van der Waals surface area contributed by atoms with Crippen LogP contribution in [0.3, 0.4) is 0 Å². The Hall–Kier alpha value is -15.0. The van der Waals surface area contributed by atoms with Crippen LogP contribution in [0.15, 0.2) is 352 Å². The third kappa shape index (κ3) is 17.8. The number of carbonyl (C=O) groups is 3. The van der Waals surface area contributed by atoms with E-state index in [4.69, 9.17) is 4.74 Å². The summed E-state index contributed by atoms with van der Waals surface area (Å²) in [5.41, 5.74) is 21.7. The number of hydrogen-bond acceptors (Lipinski definition) is 7. The van der Waals surface area contributed by atoms with Crippen molar-refractivity contribution in [1.29, 1.82) is 0 Å². The molecule has 3 amide bonds. The molecule has 616 valence electrons. The van der Waals surface area contributed by atoms with Crippen molar-refractivity contribution in [2.24, 2.45) is 0 Å². The molecule has 0 aliphatic carbocycles. The number of fused-ring (bicyclic) bond motifs is 12. The van der Waals surface area contributed by atoms with Gasteiger partial charge < -0.3 is 44.3 Å². The molecule has 4 aliphatic heterocycles. The van der Waals surface area contributed by atoms with Crippen molar-refractivity contribution >= 4 is 85.2 Å². The van der Waals surface area contributed by atoms with E-state index in [-0.39, 0.29) is 47.6 Å². The maximum atomic E-state index is 13.3. The second-order valence-electron chi connectivity index (χ2n) is 31.2. The summed E-state index contributed by atoms with van der Waals surface area (Å²) < 4.78 is 43.7. The van der Waals surface area contributed by atoms with Crippen LogP contribution in [0.1, 0.15) is 119 Å². The molecule has 4 aromatic heterocycles. The molecule has 0 fully saturated rings. The number of nitrogens with one attached hydrogen (secondary N) is 4. The van der Waals surface area contributed by atoms with Crippen molar-refractivity contribution in [1.82, 2.24) is 39.5 Å². The fourth-order valence-corrected chi connectivity index (χ4v) is 17.7. The number of rotatable bonds is 15. The van der Waals surface area contributed by atoms with E-state index in [9.17, 15) is 37.7 Å². The number of nitrogens with zero attached hydrogens (tertiary/aromatic N) is 5. The van der Waals surface area contributed by atoms with E-state index < -0.39 is 16.7 Å². The van der Waals surface area contributed by atoms with E-state index in [1.54, 1.807) is 43.5 Å². The number of nitro benzene ring substituents is 1. The van der Waals surface area contributed by atoms with Gasteiger partial charge in [-0.2, -0.15) is 13.2 Å². The summed E-state index contributed by atoms with van der Waals surface area (Å²) in [6.07, 6.45) is 14.3. The lowest BCUT2D eigenvalue weighted by Gasteiger charge is -2.35. The Labute approximate surface area is 716 Å². The molecule has 12 aromatic carbocycles. The minimum Gasteiger partial charge on any atom is -0.497 e. The zero-order valence-electron chi connectivity index (χ0n) is 68.2. The molecular weight excluding hydrogens is 1550 g/mol. The highest BCUT2D eigenvalue weighted by Gasteiger charge is 2.38. The number of methoxy groups -OCH3 is 1. The minimum absolute atomic E-state index is 0.0278. The van der Waals surface area contributed by atoms with Crippen molar-refractivity contribution in [2.45, 2.75) is 62.4 Å². The Morgan fingerprint density at radius 2 is 0.694 bits per heavy atom. The van der Waals surface area contributed by atoms with Crippen molar-refractivity contribution in [3.8, 4) is 5.75 Å². The molecule has 0 saturated heterocycles. The van der Waals surface area contributed by atoms with Gasteiger partial charge in [-0.05, 0) is 184 Å². The predicted molar refractivity (Wildman–Crippen MR) is 487 cm³/mol. The number of alkyl halides is 3. The number of allylic oxidation sites excluding steroid dienone is 1. The molecule has 4 aliphatic rings. The molecule has 0 bridgehead atoms. The highest BCUT2D eigenvalue weighted by Crippen LogP contribution is 2.44. The van der Waals surface area contributed by atoms with E-state index in [0.29, 0.717) is 25.2 Å². The van der Waals surface area contributed by atoms with Gasteiger partial charge in [0.05, 0.1) is 41.8 Å². The quantitative estimate of drug-likeness (QED) is 0.0448. The number of carbonyl (C=O) groups excluding carboxylic acids is 3. The lowest BCUT2D eigenvalue weighted by molar-refractivity contribution is -0.384. The SMILES string of the molecule is COc1ccc(C/C=C/N2CCc3c([nH]c4ccccc34)C2c2ccccc2)cc1.O=C(/C=C/c1ccc(C(F)(F)F)cc1)N1CCc2c([nH]c3ccccc23)C1c1ccccc1.O=C(/C=C/c1ccc([N+](=O)[O-])cc1)N1CCc2c([nH]c3ccccc23)C1c1ccccc1.O=C(/C=C/c1ccccc1)N1CCc2c([nH]c3ccccc23)C1c1ccccc1. The van der Waals surface area contributed by atoms with Crippen LogP contribution < -0.4 is 4.74 Å². The molecule has 0 spiro atoms. The zero-order chi connectivity index (χ0) is 85.0. The lowest BCUT2D eigenvalue weighted by Crippen LogP contribution is -2.39. The van der Waals surface area contributed by atoms with Crippen LogP contribution in [0.5, 0.6) is 5.75 Å². The van der Waals surface area contributed by atoms with Gasteiger partial charge in [-0.3, -0.25) is 24.5 Å². The maximum absolute atomic E-state index is 13.3. The van der Waals surface area contributed by atoms with Crippen LogP contribution in [0.2, 0.25) is 0 Å². The monoisotopic (exact) mass is 1640 g/mol. The predicted octanol–water partition coefficient (Wildman–Crippen LogP) is 22.9. The fraction of sp³-hybridized carbons (Fsp3) is 0.142. The minimum atomic E-state index is -4.38. The van der Waals surface area contributed by atoms with Gasteiger partial charge in [-0.15, -0.1) is 0 Å². The first-order valence-corrected chi connectivity index (χ1v) is 41.7. The number of amides is 3. The largest absolute Gasteiger partial charge is 0.497 e. The van der Waals surface area contributed by atoms with Crippen LogP contribution in [0.4, 0.5) is 18.9 Å². The van der Waals surface area contributed by atoms with Crippen LogP contribution in [0, 0.1) is 10.1 Å². The molecule has 18 heteroatoms. The molecular formula is C106H90F3N9O6. The van der Waals surface area contributed by atoms with Crippen LogP contribution in [0.25, 0.3) is 61.8 Å². The summed E-state index contributed by atoms with van der Waals surface area (Å²) in [7, 11) is 1.70. The van der Waals surface area contributed by atoms with E-state index in [2.05, 4.69) is 152 Å². The fourth-order valence-electron chi connectivity index (χ4n) is 17.7. The number of nitro groups is 1. The number of aromatic amines is 4. The second kappa shape index (κ2) is 36.9. The van der Waals surface area contributed by atoms with Gasteiger partial charge in [0, 0.05) is 123 Å². The molecule has 16 aromatic rings. The summed E-state index contributed by atoms with van der Waals surface area (Å²) in [6, 6.07) is 103. The van der Waals surface area contributed by atoms with Crippen molar-refractivity contribution < 1.29 is 37.2 Å². The third-order valence-corrected chi connectivity index (χ3v) is 23.7. The third-order valence-electron chi connectivity index (χ3n) is 23.7.